The van der Waals surface area contributed by atoms with Gasteiger partial charge in [-0.05, 0) is 36.2 Å². The Bertz CT molecular complexity index is 621. The maximum Gasteiger partial charge on any atom is 0.191 e. The quantitative estimate of drug-likeness (QED) is 0.277. The van der Waals surface area contributed by atoms with Gasteiger partial charge < -0.3 is 20.1 Å². The number of nitrogens with one attached hydrogen (secondary N) is 2. The van der Waals surface area contributed by atoms with Crippen molar-refractivity contribution >= 4 is 29.9 Å². The van der Waals surface area contributed by atoms with Gasteiger partial charge in [-0.3, -0.25) is 9.98 Å². The molecule has 0 fully saturated rings. The lowest BCUT2D eigenvalue weighted by Crippen LogP contribution is -2.40. The maximum absolute atomic E-state index is 5.58. The van der Waals surface area contributed by atoms with Gasteiger partial charge in [0.25, 0.3) is 0 Å². The third-order valence-corrected chi connectivity index (χ3v) is 3.39. The summed E-state index contributed by atoms with van der Waals surface area (Å²) in [6.07, 6.45) is 4.33. The van der Waals surface area contributed by atoms with Crippen molar-refractivity contribution < 1.29 is 9.47 Å². The Morgan fingerprint density at radius 2 is 1.84 bits per heavy atom. The van der Waals surface area contributed by atoms with Crippen LogP contribution in [-0.4, -0.2) is 44.8 Å². The van der Waals surface area contributed by atoms with Gasteiger partial charge in [0.2, 0.25) is 0 Å². The molecule has 0 unspecified atom stereocenters. The topological polar surface area (TPSA) is 67.8 Å². The zero-order chi connectivity index (χ0) is 17.0. The van der Waals surface area contributed by atoms with Crippen LogP contribution in [0, 0.1) is 0 Å². The Morgan fingerprint density at radius 3 is 2.48 bits per heavy atom. The summed E-state index contributed by atoms with van der Waals surface area (Å²) in [6.45, 7) is 2.01. The molecule has 0 atom stereocenters. The number of methoxy groups -OCH3 is 1. The van der Waals surface area contributed by atoms with Crippen LogP contribution >= 0.6 is 24.0 Å². The fourth-order valence-electron chi connectivity index (χ4n) is 2.11. The van der Waals surface area contributed by atoms with Crippen molar-refractivity contribution in [1.82, 2.24) is 15.6 Å². The maximum atomic E-state index is 5.58. The number of halogens is 1. The van der Waals surface area contributed by atoms with Crippen LogP contribution in [0.25, 0.3) is 0 Å². The summed E-state index contributed by atoms with van der Waals surface area (Å²) in [5.41, 5.74) is 1.25. The number of hydrogen-bond donors (Lipinski definition) is 2. The largest absolute Gasteiger partial charge is 0.497 e. The third kappa shape index (κ3) is 8.06. The number of aromatic nitrogens is 1. The van der Waals surface area contributed by atoms with E-state index >= 15 is 0 Å². The van der Waals surface area contributed by atoms with Crippen LogP contribution in [-0.2, 0) is 6.42 Å². The monoisotopic (exact) mass is 456 g/mol. The minimum atomic E-state index is 0. The summed E-state index contributed by atoms with van der Waals surface area (Å²) < 4.78 is 10.7. The number of ether oxygens (including phenoxy) is 2. The molecule has 0 spiro atoms. The van der Waals surface area contributed by atoms with Gasteiger partial charge >= 0.3 is 0 Å². The van der Waals surface area contributed by atoms with E-state index in [1.54, 1.807) is 26.6 Å². The standard InChI is InChI=1S/C18H24N4O2.HI/c1-19-18(22-12-13-24-17-4-3-10-20-14-17)21-11-9-15-5-7-16(23-2)8-6-15;/h3-8,10,14H,9,11-13H2,1-2H3,(H2,19,21,22);1H. The fraction of sp³-hybridized carbons (Fsp3) is 0.333. The summed E-state index contributed by atoms with van der Waals surface area (Å²) >= 11 is 0. The van der Waals surface area contributed by atoms with Crippen molar-refractivity contribution in [3.05, 3.63) is 54.4 Å². The lowest BCUT2D eigenvalue weighted by molar-refractivity contribution is 0.320. The van der Waals surface area contributed by atoms with Gasteiger partial charge in [-0.2, -0.15) is 0 Å². The van der Waals surface area contributed by atoms with Gasteiger partial charge in [-0.1, -0.05) is 12.1 Å². The van der Waals surface area contributed by atoms with E-state index in [0.717, 1.165) is 30.4 Å². The summed E-state index contributed by atoms with van der Waals surface area (Å²) in [6, 6.07) is 11.8. The Morgan fingerprint density at radius 1 is 1.08 bits per heavy atom. The molecule has 0 aliphatic heterocycles. The van der Waals surface area contributed by atoms with E-state index in [4.69, 9.17) is 9.47 Å². The Labute approximate surface area is 166 Å². The Balaban J connectivity index is 0.00000312. The van der Waals surface area contributed by atoms with E-state index in [9.17, 15) is 0 Å². The van der Waals surface area contributed by atoms with E-state index in [1.165, 1.54) is 5.56 Å². The molecular formula is C18H25IN4O2. The number of nitrogens with zero attached hydrogens (tertiary/aromatic N) is 2. The smallest absolute Gasteiger partial charge is 0.191 e. The van der Waals surface area contributed by atoms with Crippen LogP contribution in [0.2, 0.25) is 0 Å². The number of guanidine groups is 1. The molecule has 2 rings (SSSR count). The predicted molar refractivity (Wildman–Crippen MR) is 111 cm³/mol. The first kappa shape index (κ1) is 21.0. The normalized spacial score (nSPS) is 10.6. The molecule has 6 nitrogen and oxygen atoms in total. The van der Waals surface area contributed by atoms with Crippen LogP contribution in [0.5, 0.6) is 11.5 Å². The van der Waals surface area contributed by atoms with Crippen LogP contribution < -0.4 is 20.1 Å². The molecule has 0 saturated carbocycles. The minimum absolute atomic E-state index is 0. The van der Waals surface area contributed by atoms with Crippen molar-refractivity contribution in [2.45, 2.75) is 6.42 Å². The van der Waals surface area contributed by atoms with E-state index in [-0.39, 0.29) is 24.0 Å². The molecule has 2 aromatic rings. The van der Waals surface area contributed by atoms with Crippen molar-refractivity contribution in [2.75, 3.05) is 33.9 Å². The van der Waals surface area contributed by atoms with Crippen LogP contribution in [0.3, 0.4) is 0 Å². The molecule has 0 saturated heterocycles. The molecule has 7 heteroatoms. The molecule has 0 bridgehead atoms. The first-order chi connectivity index (χ1) is 11.8. The second-order valence-corrected chi connectivity index (χ2v) is 5.06. The molecule has 0 amide bonds. The zero-order valence-corrected chi connectivity index (χ0v) is 16.9. The highest BCUT2D eigenvalue weighted by molar-refractivity contribution is 14.0. The predicted octanol–water partition coefficient (Wildman–Crippen LogP) is 2.49. The van der Waals surface area contributed by atoms with E-state index in [1.807, 2.05) is 24.3 Å². The second kappa shape index (κ2) is 12.3. The number of rotatable bonds is 8. The summed E-state index contributed by atoms with van der Waals surface area (Å²) in [5, 5.41) is 6.50. The highest BCUT2D eigenvalue weighted by atomic mass is 127. The number of benzene rings is 1. The number of aliphatic imine (C=N–C) groups is 1. The lowest BCUT2D eigenvalue weighted by atomic mass is 10.1. The minimum Gasteiger partial charge on any atom is -0.497 e. The van der Waals surface area contributed by atoms with Crippen LogP contribution in [0.15, 0.2) is 53.8 Å². The molecule has 1 aromatic heterocycles. The van der Waals surface area contributed by atoms with Gasteiger partial charge in [-0.15, -0.1) is 24.0 Å². The highest BCUT2D eigenvalue weighted by Gasteiger charge is 1.99. The molecule has 0 aliphatic carbocycles. The Hall–Kier alpha value is -2.03. The SMILES string of the molecule is CN=C(NCCOc1cccnc1)NCCc1ccc(OC)cc1.I. The average Bonchev–Trinajstić information content (AvgIpc) is 2.65. The Kier molecular flexibility index (Phi) is 10.4. The number of pyridine rings is 1. The molecule has 1 heterocycles. The van der Waals surface area contributed by atoms with E-state index < -0.39 is 0 Å². The van der Waals surface area contributed by atoms with Gasteiger partial charge in [0.1, 0.15) is 18.1 Å². The molecule has 25 heavy (non-hydrogen) atoms. The van der Waals surface area contributed by atoms with Gasteiger partial charge in [0.15, 0.2) is 5.96 Å². The lowest BCUT2D eigenvalue weighted by Gasteiger charge is -2.12. The molecule has 1 aromatic carbocycles. The molecule has 2 N–H and O–H groups in total. The summed E-state index contributed by atoms with van der Waals surface area (Å²) in [4.78, 5) is 8.20. The molecule has 0 aliphatic rings. The third-order valence-electron chi connectivity index (χ3n) is 3.39. The second-order valence-electron chi connectivity index (χ2n) is 5.06. The average molecular weight is 456 g/mol. The van der Waals surface area contributed by atoms with Crippen molar-refractivity contribution in [2.24, 2.45) is 4.99 Å². The summed E-state index contributed by atoms with van der Waals surface area (Å²) in [7, 11) is 3.43. The summed E-state index contributed by atoms with van der Waals surface area (Å²) in [5.74, 6) is 2.40. The molecule has 136 valence electrons. The fourth-order valence-corrected chi connectivity index (χ4v) is 2.11. The first-order valence-corrected chi connectivity index (χ1v) is 7.92. The first-order valence-electron chi connectivity index (χ1n) is 7.92. The van der Waals surface area contributed by atoms with Gasteiger partial charge in [0, 0.05) is 19.8 Å². The van der Waals surface area contributed by atoms with Gasteiger partial charge in [-0.25, -0.2) is 0 Å². The zero-order valence-electron chi connectivity index (χ0n) is 14.6. The van der Waals surface area contributed by atoms with Crippen LogP contribution in [0.4, 0.5) is 0 Å². The van der Waals surface area contributed by atoms with Crippen molar-refractivity contribution in [3.63, 3.8) is 0 Å². The van der Waals surface area contributed by atoms with Crippen LogP contribution in [0.1, 0.15) is 5.56 Å². The highest BCUT2D eigenvalue weighted by Crippen LogP contribution is 2.11. The molecule has 0 radical (unpaired) electrons. The molecular weight excluding hydrogens is 431 g/mol. The van der Waals surface area contributed by atoms with Crippen molar-refractivity contribution in [3.8, 4) is 11.5 Å². The van der Waals surface area contributed by atoms with E-state index in [2.05, 4.69) is 32.7 Å². The number of hydrogen-bond acceptors (Lipinski definition) is 4. The van der Waals surface area contributed by atoms with E-state index in [0.29, 0.717) is 13.2 Å². The van der Waals surface area contributed by atoms with Gasteiger partial charge in [0.05, 0.1) is 19.9 Å². The van der Waals surface area contributed by atoms with Crippen molar-refractivity contribution in [1.29, 1.82) is 0 Å².